The normalized spacial score (nSPS) is 14.9. The lowest BCUT2D eigenvalue weighted by atomic mass is 10.2. The summed E-state index contributed by atoms with van der Waals surface area (Å²) in [5.74, 6) is -0.691. The Labute approximate surface area is 172 Å². The minimum absolute atomic E-state index is 0.0705. The Hall–Kier alpha value is -3.12. The van der Waals surface area contributed by atoms with Crippen LogP contribution in [-0.4, -0.2) is 56.5 Å². The lowest BCUT2D eigenvalue weighted by Crippen LogP contribution is -2.27. The van der Waals surface area contributed by atoms with Crippen molar-refractivity contribution in [1.29, 1.82) is 0 Å². The molecule has 10 nitrogen and oxygen atoms in total. The van der Waals surface area contributed by atoms with Crippen LogP contribution in [0.4, 0.5) is 10.1 Å². The summed E-state index contributed by atoms with van der Waals surface area (Å²) in [7, 11) is -2.04. The van der Waals surface area contributed by atoms with E-state index >= 15 is 0 Å². The van der Waals surface area contributed by atoms with Crippen molar-refractivity contribution in [3.63, 3.8) is 0 Å². The minimum Gasteiger partial charge on any atom is -0.345 e. The van der Waals surface area contributed by atoms with E-state index in [0.29, 0.717) is 24.6 Å². The number of rotatable bonds is 5. The fourth-order valence-corrected chi connectivity index (χ4v) is 4.97. The summed E-state index contributed by atoms with van der Waals surface area (Å²) in [6.45, 7) is 2.58. The average Bonchev–Trinajstić information content (AvgIpc) is 3.44. The predicted octanol–water partition coefficient (Wildman–Crippen LogP) is 1.49. The molecule has 0 aliphatic carbocycles. The highest BCUT2D eigenvalue weighted by molar-refractivity contribution is 7.89. The van der Waals surface area contributed by atoms with Crippen molar-refractivity contribution in [3.8, 4) is 5.69 Å². The number of sulfonamides is 1. The molecule has 0 radical (unpaired) electrons. The summed E-state index contributed by atoms with van der Waals surface area (Å²) in [5.41, 5.74) is 0.563. The number of aromatic nitrogens is 5. The quantitative estimate of drug-likeness (QED) is 0.652. The van der Waals surface area contributed by atoms with Crippen LogP contribution < -0.4 is 5.32 Å². The Morgan fingerprint density at radius 1 is 1.20 bits per heavy atom. The molecule has 0 unspecified atom stereocenters. The second kappa shape index (κ2) is 7.61. The zero-order chi connectivity index (χ0) is 21.5. The van der Waals surface area contributed by atoms with Gasteiger partial charge in [0.25, 0.3) is 5.91 Å². The van der Waals surface area contributed by atoms with Gasteiger partial charge >= 0.3 is 0 Å². The number of carbonyl (C=O) groups is 1. The number of nitrogens with zero attached hydrogens (tertiary/aromatic N) is 6. The van der Waals surface area contributed by atoms with Crippen molar-refractivity contribution in [2.45, 2.75) is 24.7 Å². The van der Waals surface area contributed by atoms with E-state index in [4.69, 9.17) is 0 Å². The molecule has 3 heterocycles. The number of aryl methyl sites for hydroxylation is 2. The van der Waals surface area contributed by atoms with Gasteiger partial charge in [-0.15, -0.1) is 5.10 Å². The maximum Gasteiger partial charge on any atom is 0.272 e. The van der Waals surface area contributed by atoms with Crippen molar-refractivity contribution < 1.29 is 17.6 Å². The van der Waals surface area contributed by atoms with Crippen LogP contribution in [0, 0.1) is 12.7 Å². The van der Waals surface area contributed by atoms with E-state index in [0.717, 1.165) is 12.8 Å². The Morgan fingerprint density at radius 3 is 2.60 bits per heavy atom. The summed E-state index contributed by atoms with van der Waals surface area (Å²) in [5, 5.41) is 13.6. The minimum atomic E-state index is -3.64. The monoisotopic (exact) mass is 433 g/mol. The Morgan fingerprint density at radius 2 is 1.93 bits per heavy atom. The molecule has 30 heavy (non-hydrogen) atoms. The fourth-order valence-electron chi connectivity index (χ4n) is 3.38. The highest BCUT2D eigenvalue weighted by atomic mass is 32.2. The first kappa shape index (κ1) is 20.2. The van der Waals surface area contributed by atoms with Crippen molar-refractivity contribution in [1.82, 2.24) is 29.1 Å². The van der Waals surface area contributed by atoms with Gasteiger partial charge in [0.15, 0.2) is 5.82 Å². The van der Waals surface area contributed by atoms with Gasteiger partial charge in [0.2, 0.25) is 10.0 Å². The number of tetrazole rings is 1. The molecule has 1 N–H and O–H groups in total. The van der Waals surface area contributed by atoms with Crippen molar-refractivity contribution in [2.24, 2.45) is 7.05 Å². The molecule has 1 aliphatic heterocycles. The van der Waals surface area contributed by atoms with Crippen molar-refractivity contribution in [3.05, 3.63) is 47.8 Å². The van der Waals surface area contributed by atoms with Crippen LogP contribution >= 0.6 is 0 Å². The van der Waals surface area contributed by atoms with Crippen LogP contribution in [0.15, 0.2) is 35.4 Å². The summed E-state index contributed by atoms with van der Waals surface area (Å²) in [6, 6.07) is 5.35. The molecule has 3 aromatic rings. The number of amides is 1. The largest absolute Gasteiger partial charge is 0.345 e. The standard InChI is InChI=1S/C18H20FN7O3S/c1-12-21-22-23-26(12)16-9-13(5-6-15(16)19)20-18(27)17-10-14(11-24(17)2)30(28,29)25-7-3-4-8-25/h5-6,9-11H,3-4,7-8H2,1-2H3,(H,20,27). The van der Waals surface area contributed by atoms with Gasteiger partial charge in [0, 0.05) is 32.0 Å². The summed E-state index contributed by atoms with van der Waals surface area (Å²) >= 11 is 0. The molecule has 158 valence electrons. The zero-order valence-corrected chi connectivity index (χ0v) is 17.2. The van der Waals surface area contributed by atoms with Gasteiger partial charge in [-0.1, -0.05) is 0 Å². The number of halogens is 1. The highest BCUT2D eigenvalue weighted by Gasteiger charge is 2.29. The van der Waals surface area contributed by atoms with Gasteiger partial charge in [-0.05, 0) is 54.5 Å². The lowest BCUT2D eigenvalue weighted by molar-refractivity contribution is 0.101. The molecule has 1 aliphatic rings. The first-order valence-corrected chi connectivity index (χ1v) is 10.7. The zero-order valence-electron chi connectivity index (χ0n) is 16.4. The van der Waals surface area contributed by atoms with Gasteiger partial charge in [-0.2, -0.15) is 8.99 Å². The van der Waals surface area contributed by atoms with E-state index < -0.39 is 21.7 Å². The number of benzene rings is 1. The number of hydrogen-bond donors (Lipinski definition) is 1. The Balaban J connectivity index is 1.59. The van der Waals surface area contributed by atoms with E-state index in [1.807, 2.05) is 0 Å². The molecule has 0 saturated carbocycles. The molecular weight excluding hydrogens is 413 g/mol. The van der Waals surface area contributed by atoms with E-state index in [1.165, 1.54) is 44.0 Å². The van der Waals surface area contributed by atoms with E-state index in [-0.39, 0.29) is 16.3 Å². The topological polar surface area (TPSA) is 115 Å². The van der Waals surface area contributed by atoms with Crippen LogP contribution in [0.25, 0.3) is 5.69 Å². The van der Waals surface area contributed by atoms with Gasteiger partial charge in [-0.25, -0.2) is 12.8 Å². The Kier molecular flexibility index (Phi) is 5.12. The molecule has 1 aromatic carbocycles. The van der Waals surface area contributed by atoms with Gasteiger partial charge in [0.1, 0.15) is 22.1 Å². The van der Waals surface area contributed by atoms with Crippen molar-refractivity contribution in [2.75, 3.05) is 18.4 Å². The molecule has 0 bridgehead atoms. The molecule has 1 saturated heterocycles. The fraction of sp³-hybridized carbons (Fsp3) is 0.333. The molecule has 0 atom stereocenters. The van der Waals surface area contributed by atoms with Gasteiger partial charge in [-0.3, -0.25) is 4.79 Å². The second-order valence-electron chi connectivity index (χ2n) is 7.04. The summed E-state index contributed by atoms with van der Waals surface area (Å²) < 4.78 is 43.8. The number of carbonyl (C=O) groups excluding carboxylic acids is 1. The average molecular weight is 433 g/mol. The van der Waals surface area contributed by atoms with Crippen LogP contribution in [0.1, 0.15) is 29.2 Å². The third-order valence-corrected chi connectivity index (χ3v) is 6.84. The lowest BCUT2D eigenvalue weighted by Gasteiger charge is -2.13. The summed E-state index contributed by atoms with van der Waals surface area (Å²) in [4.78, 5) is 12.8. The molecule has 4 rings (SSSR count). The van der Waals surface area contributed by atoms with Crippen LogP contribution in [0.2, 0.25) is 0 Å². The third-order valence-electron chi connectivity index (χ3n) is 4.97. The second-order valence-corrected chi connectivity index (χ2v) is 8.98. The van der Waals surface area contributed by atoms with Crippen LogP contribution in [0.3, 0.4) is 0 Å². The number of anilines is 1. The molecule has 1 amide bonds. The van der Waals surface area contributed by atoms with Crippen LogP contribution in [0.5, 0.6) is 0 Å². The van der Waals surface area contributed by atoms with E-state index in [1.54, 1.807) is 14.0 Å². The van der Waals surface area contributed by atoms with Gasteiger partial charge in [0.05, 0.1) is 0 Å². The first-order chi connectivity index (χ1) is 14.3. The third kappa shape index (κ3) is 3.59. The summed E-state index contributed by atoms with van der Waals surface area (Å²) in [6.07, 6.45) is 3.07. The maximum absolute atomic E-state index is 14.2. The van der Waals surface area contributed by atoms with E-state index in [9.17, 15) is 17.6 Å². The number of nitrogens with one attached hydrogen (secondary N) is 1. The van der Waals surface area contributed by atoms with Crippen molar-refractivity contribution >= 4 is 21.6 Å². The maximum atomic E-state index is 14.2. The smallest absolute Gasteiger partial charge is 0.272 e. The number of hydrogen-bond acceptors (Lipinski definition) is 6. The van der Waals surface area contributed by atoms with Gasteiger partial charge < -0.3 is 9.88 Å². The Bertz CT molecular complexity index is 1210. The SMILES string of the molecule is Cc1nnnn1-c1cc(NC(=O)c2cc(S(=O)(=O)N3CCCC3)cn2C)ccc1F. The molecule has 1 fully saturated rings. The molecule has 2 aromatic heterocycles. The highest BCUT2D eigenvalue weighted by Crippen LogP contribution is 2.24. The van der Waals surface area contributed by atoms with E-state index in [2.05, 4.69) is 20.8 Å². The van der Waals surface area contributed by atoms with Crippen LogP contribution in [-0.2, 0) is 17.1 Å². The molecule has 0 spiro atoms. The predicted molar refractivity (Wildman–Crippen MR) is 105 cm³/mol. The molecule has 12 heteroatoms. The first-order valence-electron chi connectivity index (χ1n) is 9.30. The molecular formula is C18H20FN7O3S.